The Kier molecular flexibility index (Phi) is 4.38. The number of aromatic nitrogens is 2. The summed E-state index contributed by atoms with van der Waals surface area (Å²) in [4.78, 5) is 3.01. The first-order chi connectivity index (χ1) is 10.1. The number of hydrogen-bond donors (Lipinski definition) is 1. The molecule has 0 aliphatic heterocycles. The Balaban J connectivity index is 1.87. The van der Waals surface area contributed by atoms with Crippen molar-refractivity contribution >= 4 is 22.9 Å². The molecule has 21 heavy (non-hydrogen) atoms. The summed E-state index contributed by atoms with van der Waals surface area (Å²) in [5, 5.41) is 8.79. The van der Waals surface area contributed by atoms with Gasteiger partial charge in [-0.1, -0.05) is 11.6 Å². The zero-order valence-corrected chi connectivity index (χ0v) is 14.4. The van der Waals surface area contributed by atoms with Crippen molar-refractivity contribution in [1.82, 2.24) is 15.1 Å². The van der Waals surface area contributed by atoms with Crippen LogP contribution in [0.2, 0.25) is 5.02 Å². The molecule has 1 N–H and O–H groups in total. The summed E-state index contributed by atoms with van der Waals surface area (Å²) in [6.45, 7) is 4.95. The van der Waals surface area contributed by atoms with E-state index >= 15 is 0 Å². The van der Waals surface area contributed by atoms with E-state index in [2.05, 4.69) is 23.4 Å². The molecule has 1 aliphatic carbocycles. The van der Waals surface area contributed by atoms with E-state index in [4.69, 9.17) is 11.6 Å². The molecule has 3 nitrogen and oxygen atoms in total. The van der Waals surface area contributed by atoms with Crippen LogP contribution in [0.15, 0.2) is 6.07 Å². The maximum absolute atomic E-state index is 6.45. The second-order valence-corrected chi connectivity index (χ2v) is 7.20. The number of fused-ring (bicyclic) bond motifs is 1. The van der Waals surface area contributed by atoms with Crippen LogP contribution in [0.4, 0.5) is 0 Å². The van der Waals surface area contributed by atoms with Crippen LogP contribution in [0.25, 0.3) is 0 Å². The van der Waals surface area contributed by atoms with E-state index in [0.29, 0.717) is 6.04 Å². The molecule has 2 heterocycles. The Hall–Kier alpha value is -0.840. The smallest absolute Gasteiger partial charge is 0.0847 e. The van der Waals surface area contributed by atoms with Crippen molar-refractivity contribution in [2.45, 2.75) is 52.1 Å². The molecule has 0 aromatic carbocycles. The molecular formula is C16H22ClN3S. The number of nitrogens with zero attached hydrogens (tertiary/aromatic N) is 2. The topological polar surface area (TPSA) is 29.9 Å². The van der Waals surface area contributed by atoms with Gasteiger partial charge in [-0.25, -0.2) is 0 Å². The van der Waals surface area contributed by atoms with Crippen LogP contribution in [0, 0.1) is 6.92 Å². The van der Waals surface area contributed by atoms with Crippen molar-refractivity contribution in [3.63, 3.8) is 0 Å². The number of halogens is 1. The van der Waals surface area contributed by atoms with Gasteiger partial charge in [0.05, 0.1) is 16.4 Å². The van der Waals surface area contributed by atoms with Crippen LogP contribution < -0.4 is 5.32 Å². The van der Waals surface area contributed by atoms with Gasteiger partial charge in [0.2, 0.25) is 0 Å². The molecule has 0 radical (unpaired) electrons. The lowest BCUT2D eigenvalue weighted by Crippen LogP contribution is -2.19. The lowest BCUT2D eigenvalue weighted by molar-refractivity contribution is 0.546. The summed E-state index contributed by atoms with van der Waals surface area (Å²) in [6.07, 6.45) is 4.71. The third kappa shape index (κ3) is 2.77. The van der Waals surface area contributed by atoms with Gasteiger partial charge in [0.15, 0.2) is 0 Å². The number of hydrogen-bond acceptors (Lipinski definition) is 3. The van der Waals surface area contributed by atoms with Gasteiger partial charge in [-0.05, 0) is 51.8 Å². The molecule has 0 amide bonds. The Bertz CT molecular complexity index is 623. The molecule has 1 unspecified atom stereocenters. The molecule has 0 saturated heterocycles. The average Bonchev–Trinajstić information content (AvgIpc) is 3.12. The van der Waals surface area contributed by atoms with Crippen molar-refractivity contribution in [3.05, 3.63) is 37.8 Å². The van der Waals surface area contributed by atoms with Crippen LogP contribution in [0.1, 0.15) is 46.1 Å². The van der Waals surface area contributed by atoms with Gasteiger partial charge in [0.25, 0.3) is 0 Å². The molecular weight excluding hydrogens is 302 g/mol. The fourth-order valence-electron chi connectivity index (χ4n) is 3.13. The molecule has 0 bridgehead atoms. The van der Waals surface area contributed by atoms with E-state index in [1.54, 1.807) is 10.4 Å². The van der Waals surface area contributed by atoms with Crippen LogP contribution in [0.5, 0.6) is 0 Å². The summed E-state index contributed by atoms with van der Waals surface area (Å²) in [5.74, 6) is 0. The predicted molar refractivity (Wildman–Crippen MR) is 89.5 cm³/mol. The van der Waals surface area contributed by atoms with Crippen LogP contribution in [-0.2, 0) is 25.8 Å². The van der Waals surface area contributed by atoms with Gasteiger partial charge in [-0.15, -0.1) is 11.3 Å². The first-order valence-electron chi connectivity index (χ1n) is 7.64. The average molecular weight is 324 g/mol. The molecule has 3 rings (SSSR count). The minimum Gasteiger partial charge on any atom is -0.312 e. The van der Waals surface area contributed by atoms with Crippen LogP contribution in [-0.4, -0.2) is 16.8 Å². The quantitative estimate of drug-likeness (QED) is 0.904. The third-order valence-corrected chi connectivity index (χ3v) is 6.15. The molecule has 1 aliphatic rings. The van der Waals surface area contributed by atoms with Crippen LogP contribution >= 0.6 is 22.9 Å². The van der Waals surface area contributed by atoms with Crippen molar-refractivity contribution in [2.24, 2.45) is 0 Å². The highest BCUT2D eigenvalue weighted by atomic mass is 35.5. The van der Waals surface area contributed by atoms with Gasteiger partial charge in [-0.2, -0.15) is 5.10 Å². The third-order valence-electron chi connectivity index (χ3n) is 4.31. The predicted octanol–water partition coefficient (Wildman–Crippen LogP) is 3.92. The zero-order chi connectivity index (χ0) is 15.0. The Morgan fingerprint density at radius 2 is 2.29 bits per heavy atom. The highest BCUT2D eigenvalue weighted by molar-refractivity contribution is 7.12. The maximum Gasteiger partial charge on any atom is 0.0847 e. The summed E-state index contributed by atoms with van der Waals surface area (Å²) in [7, 11) is 2.03. The summed E-state index contributed by atoms with van der Waals surface area (Å²) in [6, 6.07) is 2.71. The SMILES string of the molecule is CCn1nc(C)c(Cl)c1CC(NC)c1cc2c(s1)CCC2. The number of likely N-dealkylation sites (N-methyl/N-ethyl adjacent to an activating group) is 1. The number of rotatable bonds is 5. The number of aryl methyl sites for hydroxylation is 4. The first kappa shape index (κ1) is 15.1. The van der Waals surface area contributed by atoms with Crippen molar-refractivity contribution in [2.75, 3.05) is 7.05 Å². The van der Waals surface area contributed by atoms with Crippen LogP contribution in [0.3, 0.4) is 0 Å². The summed E-state index contributed by atoms with van der Waals surface area (Å²) < 4.78 is 2.03. The lowest BCUT2D eigenvalue weighted by Gasteiger charge is -2.16. The Morgan fingerprint density at radius 1 is 1.48 bits per heavy atom. The first-order valence-corrected chi connectivity index (χ1v) is 8.84. The molecule has 2 aromatic heterocycles. The highest BCUT2D eigenvalue weighted by Gasteiger charge is 2.22. The standard InChI is InChI=1S/C16H22ClN3S/c1-4-20-13(16(17)10(2)19-20)9-12(18-3)15-8-11-6-5-7-14(11)21-15/h8,12,18H,4-7,9H2,1-3H3. The second kappa shape index (κ2) is 6.11. The molecule has 1 atom stereocenters. The van der Waals surface area contributed by atoms with Gasteiger partial charge in [-0.3, -0.25) is 4.68 Å². The van der Waals surface area contributed by atoms with Gasteiger partial charge < -0.3 is 5.32 Å². The van der Waals surface area contributed by atoms with Gasteiger partial charge in [0, 0.05) is 28.8 Å². The van der Waals surface area contributed by atoms with E-state index < -0.39 is 0 Å². The largest absolute Gasteiger partial charge is 0.312 e. The maximum atomic E-state index is 6.45. The summed E-state index contributed by atoms with van der Waals surface area (Å²) >= 11 is 8.41. The highest BCUT2D eigenvalue weighted by Crippen LogP contribution is 2.35. The zero-order valence-electron chi connectivity index (χ0n) is 12.9. The van der Waals surface area contributed by atoms with E-state index in [1.165, 1.54) is 24.1 Å². The molecule has 0 spiro atoms. The lowest BCUT2D eigenvalue weighted by atomic mass is 10.1. The fourth-order valence-corrected chi connectivity index (χ4v) is 4.71. The van der Waals surface area contributed by atoms with E-state index in [1.807, 2.05) is 30.0 Å². The molecule has 0 saturated carbocycles. The normalized spacial score (nSPS) is 15.4. The fraction of sp³-hybridized carbons (Fsp3) is 0.562. The van der Waals surface area contributed by atoms with Crippen molar-refractivity contribution < 1.29 is 0 Å². The van der Waals surface area contributed by atoms with Gasteiger partial charge >= 0.3 is 0 Å². The molecule has 5 heteroatoms. The second-order valence-electron chi connectivity index (χ2n) is 5.66. The Labute approximate surface area is 135 Å². The van der Waals surface area contributed by atoms with Crippen molar-refractivity contribution in [1.29, 1.82) is 0 Å². The molecule has 0 fully saturated rings. The number of nitrogens with one attached hydrogen (secondary N) is 1. The van der Waals surface area contributed by atoms with E-state index in [0.717, 1.165) is 29.4 Å². The minimum atomic E-state index is 0.319. The minimum absolute atomic E-state index is 0.319. The van der Waals surface area contributed by atoms with Gasteiger partial charge in [0.1, 0.15) is 0 Å². The van der Waals surface area contributed by atoms with Crippen molar-refractivity contribution in [3.8, 4) is 0 Å². The van der Waals surface area contributed by atoms with E-state index in [-0.39, 0.29) is 0 Å². The van der Waals surface area contributed by atoms with E-state index in [9.17, 15) is 0 Å². The number of thiophene rings is 1. The Morgan fingerprint density at radius 3 is 2.95 bits per heavy atom. The molecule has 2 aromatic rings. The molecule has 114 valence electrons. The monoisotopic (exact) mass is 323 g/mol. The summed E-state index contributed by atoms with van der Waals surface area (Å²) in [5.41, 5.74) is 3.63.